The molecule has 0 aliphatic heterocycles. The molecule has 1 N–H and O–H groups in total. The summed E-state index contributed by atoms with van der Waals surface area (Å²) in [7, 11) is 0. The Morgan fingerprint density at radius 2 is 1.94 bits per heavy atom. The minimum atomic E-state index is 0.0330. The molecule has 0 bridgehead atoms. The van der Waals surface area contributed by atoms with Crippen LogP contribution in [0, 0.1) is 0 Å². The molecule has 0 heterocycles. The van der Waals surface area contributed by atoms with Crippen molar-refractivity contribution >= 4 is 11.7 Å². The number of carbonyl (C=O) groups is 1. The summed E-state index contributed by atoms with van der Waals surface area (Å²) in [4.78, 5) is 14.1. The van der Waals surface area contributed by atoms with Crippen molar-refractivity contribution in [3.05, 3.63) is 30.3 Å². The minimum absolute atomic E-state index is 0.0330. The third-order valence-electron chi connectivity index (χ3n) is 3.39. The number of hydrogen-bond donors (Lipinski definition) is 1. The number of amides is 2. The van der Waals surface area contributed by atoms with Crippen LogP contribution >= 0.6 is 0 Å². The average Bonchev–Trinajstić information content (AvgIpc) is 2.85. The highest BCUT2D eigenvalue weighted by Gasteiger charge is 2.25. The fourth-order valence-corrected chi connectivity index (χ4v) is 2.50. The van der Waals surface area contributed by atoms with Crippen LogP contribution in [0.3, 0.4) is 0 Å². The molecule has 0 atom stereocenters. The number of urea groups is 1. The molecular weight excluding hydrogens is 212 g/mol. The summed E-state index contributed by atoms with van der Waals surface area (Å²) >= 11 is 0. The van der Waals surface area contributed by atoms with E-state index in [0.29, 0.717) is 6.04 Å². The number of carbonyl (C=O) groups excluding carboxylic acids is 1. The van der Waals surface area contributed by atoms with Crippen molar-refractivity contribution in [2.45, 2.75) is 38.6 Å². The van der Waals surface area contributed by atoms with Crippen molar-refractivity contribution in [2.75, 3.05) is 11.9 Å². The van der Waals surface area contributed by atoms with Gasteiger partial charge in [-0.1, -0.05) is 31.0 Å². The van der Waals surface area contributed by atoms with Crippen LogP contribution in [0.1, 0.15) is 32.6 Å². The fraction of sp³-hybridized carbons (Fsp3) is 0.500. The minimum Gasteiger partial charge on any atom is -0.322 e. The quantitative estimate of drug-likeness (QED) is 0.850. The zero-order chi connectivity index (χ0) is 12.1. The van der Waals surface area contributed by atoms with Crippen molar-refractivity contribution in [3.63, 3.8) is 0 Å². The van der Waals surface area contributed by atoms with Gasteiger partial charge in [-0.05, 0) is 31.9 Å². The van der Waals surface area contributed by atoms with Gasteiger partial charge in [0.25, 0.3) is 0 Å². The summed E-state index contributed by atoms with van der Waals surface area (Å²) in [5.41, 5.74) is 0.869. The van der Waals surface area contributed by atoms with E-state index in [2.05, 4.69) is 5.32 Å². The molecule has 17 heavy (non-hydrogen) atoms. The molecule has 1 aromatic rings. The third kappa shape index (κ3) is 2.99. The van der Waals surface area contributed by atoms with E-state index in [-0.39, 0.29) is 6.03 Å². The average molecular weight is 232 g/mol. The molecular formula is C14H20N2O. The van der Waals surface area contributed by atoms with Crippen molar-refractivity contribution in [3.8, 4) is 0 Å². The number of rotatable bonds is 3. The highest BCUT2D eigenvalue weighted by molar-refractivity contribution is 5.89. The van der Waals surface area contributed by atoms with E-state index in [1.165, 1.54) is 12.8 Å². The number of hydrogen-bond acceptors (Lipinski definition) is 1. The first kappa shape index (κ1) is 12.0. The Morgan fingerprint density at radius 3 is 2.53 bits per heavy atom. The Labute approximate surface area is 103 Å². The van der Waals surface area contributed by atoms with Crippen molar-refractivity contribution in [2.24, 2.45) is 0 Å². The number of para-hydroxylation sites is 1. The standard InChI is InChI=1S/C14H20N2O/c1-2-16(13-10-6-7-11-13)14(17)15-12-8-4-3-5-9-12/h3-5,8-9,13H,2,6-7,10-11H2,1H3,(H,15,17). The smallest absolute Gasteiger partial charge is 0.322 e. The fourth-order valence-electron chi connectivity index (χ4n) is 2.50. The van der Waals surface area contributed by atoms with Gasteiger partial charge in [0.2, 0.25) is 0 Å². The Bertz CT molecular complexity index is 358. The van der Waals surface area contributed by atoms with Gasteiger partial charge in [-0.3, -0.25) is 0 Å². The van der Waals surface area contributed by atoms with Crippen molar-refractivity contribution in [1.82, 2.24) is 4.90 Å². The van der Waals surface area contributed by atoms with E-state index < -0.39 is 0 Å². The first-order valence-electron chi connectivity index (χ1n) is 6.44. The van der Waals surface area contributed by atoms with Crippen LogP contribution < -0.4 is 5.32 Å². The van der Waals surface area contributed by atoms with Crippen LogP contribution in [0.25, 0.3) is 0 Å². The van der Waals surface area contributed by atoms with Gasteiger partial charge in [0.1, 0.15) is 0 Å². The molecule has 0 spiro atoms. The highest BCUT2D eigenvalue weighted by Crippen LogP contribution is 2.23. The topological polar surface area (TPSA) is 32.3 Å². The second kappa shape index (κ2) is 5.71. The number of nitrogens with one attached hydrogen (secondary N) is 1. The third-order valence-corrected chi connectivity index (χ3v) is 3.39. The lowest BCUT2D eigenvalue weighted by Gasteiger charge is -2.27. The van der Waals surface area contributed by atoms with E-state index in [1.807, 2.05) is 42.2 Å². The van der Waals surface area contributed by atoms with E-state index in [4.69, 9.17) is 0 Å². The second-order valence-corrected chi connectivity index (χ2v) is 4.52. The Kier molecular flexibility index (Phi) is 4.02. The highest BCUT2D eigenvalue weighted by atomic mass is 16.2. The molecule has 1 aliphatic rings. The maximum atomic E-state index is 12.1. The Balaban J connectivity index is 1.97. The van der Waals surface area contributed by atoms with E-state index >= 15 is 0 Å². The Hall–Kier alpha value is -1.51. The second-order valence-electron chi connectivity index (χ2n) is 4.52. The lowest BCUT2D eigenvalue weighted by molar-refractivity contribution is 0.192. The molecule has 0 saturated heterocycles. The van der Waals surface area contributed by atoms with Crippen LogP contribution in [0.15, 0.2) is 30.3 Å². The first-order chi connectivity index (χ1) is 8.31. The lowest BCUT2D eigenvalue weighted by atomic mass is 10.2. The number of benzene rings is 1. The molecule has 3 heteroatoms. The number of nitrogens with zero attached hydrogens (tertiary/aromatic N) is 1. The predicted molar refractivity (Wildman–Crippen MR) is 70.1 cm³/mol. The maximum absolute atomic E-state index is 12.1. The van der Waals surface area contributed by atoms with Gasteiger partial charge in [0, 0.05) is 18.3 Å². The SMILES string of the molecule is CCN(C(=O)Nc1ccccc1)C1CCCC1. The normalized spacial score (nSPS) is 15.8. The van der Waals surface area contributed by atoms with Gasteiger partial charge in [-0.25, -0.2) is 4.79 Å². The van der Waals surface area contributed by atoms with Crippen LogP contribution in [0.4, 0.5) is 10.5 Å². The summed E-state index contributed by atoms with van der Waals surface area (Å²) < 4.78 is 0. The molecule has 1 aliphatic carbocycles. The Morgan fingerprint density at radius 1 is 1.29 bits per heavy atom. The molecule has 92 valence electrons. The molecule has 3 nitrogen and oxygen atoms in total. The summed E-state index contributed by atoms with van der Waals surface area (Å²) in [6, 6.07) is 10.1. The summed E-state index contributed by atoms with van der Waals surface area (Å²) in [6.07, 6.45) is 4.80. The first-order valence-corrected chi connectivity index (χ1v) is 6.44. The van der Waals surface area contributed by atoms with E-state index in [1.54, 1.807) is 0 Å². The largest absolute Gasteiger partial charge is 0.322 e. The summed E-state index contributed by atoms with van der Waals surface area (Å²) in [5.74, 6) is 0. The van der Waals surface area contributed by atoms with Gasteiger partial charge in [0.15, 0.2) is 0 Å². The van der Waals surface area contributed by atoms with Crippen LogP contribution in [0.5, 0.6) is 0 Å². The van der Waals surface area contributed by atoms with Crippen molar-refractivity contribution in [1.29, 1.82) is 0 Å². The van der Waals surface area contributed by atoms with Gasteiger partial charge in [0.05, 0.1) is 0 Å². The number of anilines is 1. The predicted octanol–water partition coefficient (Wildman–Crippen LogP) is 3.48. The molecule has 0 unspecified atom stereocenters. The molecule has 2 amide bonds. The van der Waals surface area contributed by atoms with Gasteiger partial charge < -0.3 is 10.2 Å². The van der Waals surface area contributed by atoms with Gasteiger partial charge >= 0.3 is 6.03 Å². The maximum Gasteiger partial charge on any atom is 0.322 e. The molecule has 0 aromatic heterocycles. The van der Waals surface area contributed by atoms with Crippen LogP contribution in [0.2, 0.25) is 0 Å². The van der Waals surface area contributed by atoms with Gasteiger partial charge in [-0.15, -0.1) is 0 Å². The molecule has 2 rings (SSSR count). The molecule has 1 saturated carbocycles. The summed E-state index contributed by atoms with van der Waals surface area (Å²) in [6.45, 7) is 2.83. The lowest BCUT2D eigenvalue weighted by Crippen LogP contribution is -2.41. The van der Waals surface area contributed by atoms with Gasteiger partial charge in [-0.2, -0.15) is 0 Å². The molecule has 1 aromatic carbocycles. The zero-order valence-corrected chi connectivity index (χ0v) is 10.4. The van der Waals surface area contributed by atoms with E-state index in [9.17, 15) is 4.79 Å². The van der Waals surface area contributed by atoms with Crippen molar-refractivity contribution < 1.29 is 4.79 Å². The van der Waals surface area contributed by atoms with Crippen LogP contribution in [-0.2, 0) is 0 Å². The zero-order valence-electron chi connectivity index (χ0n) is 10.4. The molecule has 0 radical (unpaired) electrons. The molecule has 1 fully saturated rings. The van der Waals surface area contributed by atoms with Crippen LogP contribution in [-0.4, -0.2) is 23.5 Å². The van der Waals surface area contributed by atoms with E-state index in [0.717, 1.165) is 25.1 Å². The summed E-state index contributed by atoms with van der Waals surface area (Å²) in [5, 5.41) is 2.96. The monoisotopic (exact) mass is 232 g/mol.